The zero-order chi connectivity index (χ0) is 14.4. The molecule has 120 valence electrons. The highest BCUT2D eigenvalue weighted by Gasteiger charge is 2.29. The Hall–Kier alpha value is -0.0800. The highest BCUT2D eigenvalue weighted by atomic mass is 127. The lowest BCUT2D eigenvalue weighted by atomic mass is 10.0. The summed E-state index contributed by atoms with van der Waals surface area (Å²) in [4.78, 5) is 4.56. The molecule has 1 atom stereocenters. The fourth-order valence-electron chi connectivity index (χ4n) is 1.92. The Morgan fingerprint density at radius 2 is 2.10 bits per heavy atom. The van der Waals surface area contributed by atoms with Crippen molar-refractivity contribution in [1.29, 1.82) is 0 Å². The number of halogens is 1. The molecular weight excluding hydrogens is 369 g/mol. The molecule has 0 radical (unpaired) electrons. The van der Waals surface area contributed by atoms with Crippen LogP contribution in [0.4, 0.5) is 0 Å². The first-order valence-corrected chi connectivity index (χ1v) is 7.12. The number of hydrogen-bond donors (Lipinski definition) is 2. The first-order chi connectivity index (χ1) is 8.91. The van der Waals surface area contributed by atoms with E-state index < -0.39 is 0 Å². The van der Waals surface area contributed by atoms with E-state index in [1.54, 1.807) is 7.11 Å². The molecule has 0 amide bonds. The van der Waals surface area contributed by atoms with Crippen LogP contribution in [0.15, 0.2) is 4.99 Å². The van der Waals surface area contributed by atoms with E-state index in [0.717, 1.165) is 38.5 Å². The minimum atomic E-state index is -0.240. The number of methoxy groups -OCH3 is 1. The van der Waals surface area contributed by atoms with Gasteiger partial charge in [-0.05, 0) is 40.5 Å². The van der Waals surface area contributed by atoms with Crippen molar-refractivity contribution in [3.8, 4) is 0 Å². The van der Waals surface area contributed by atoms with Gasteiger partial charge in [0.15, 0.2) is 5.96 Å². The maximum absolute atomic E-state index is 5.77. The molecule has 1 saturated heterocycles. The zero-order valence-electron chi connectivity index (χ0n) is 13.4. The third-order valence-corrected chi connectivity index (χ3v) is 3.45. The molecule has 2 N–H and O–H groups in total. The normalized spacial score (nSPS) is 23.4. The van der Waals surface area contributed by atoms with Gasteiger partial charge in [-0.3, -0.25) is 4.99 Å². The first-order valence-electron chi connectivity index (χ1n) is 7.12. The summed E-state index contributed by atoms with van der Waals surface area (Å²) in [6.45, 7) is 11.4. The van der Waals surface area contributed by atoms with Crippen LogP contribution in [0, 0.1) is 0 Å². The lowest BCUT2D eigenvalue weighted by molar-refractivity contribution is 0.0239. The van der Waals surface area contributed by atoms with Crippen molar-refractivity contribution in [2.45, 2.75) is 51.7 Å². The molecule has 1 heterocycles. The van der Waals surface area contributed by atoms with Crippen molar-refractivity contribution in [3.63, 3.8) is 0 Å². The second-order valence-electron chi connectivity index (χ2n) is 5.91. The summed E-state index contributed by atoms with van der Waals surface area (Å²) in [6, 6.07) is 0. The van der Waals surface area contributed by atoms with Crippen LogP contribution in [-0.2, 0) is 9.47 Å². The molecule has 0 bridgehead atoms. The second-order valence-corrected chi connectivity index (χ2v) is 5.91. The summed E-state index contributed by atoms with van der Waals surface area (Å²) in [6.07, 6.45) is 2.24. The Morgan fingerprint density at radius 3 is 2.60 bits per heavy atom. The van der Waals surface area contributed by atoms with E-state index in [-0.39, 0.29) is 35.2 Å². The molecule has 6 heteroatoms. The summed E-state index contributed by atoms with van der Waals surface area (Å²) in [7, 11) is 1.71. The van der Waals surface area contributed by atoms with E-state index in [1.807, 2.05) is 13.8 Å². The van der Waals surface area contributed by atoms with E-state index in [4.69, 9.17) is 9.47 Å². The summed E-state index contributed by atoms with van der Waals surface area (Å²) < 4.78 is 11.1. The highest BCUT2D eigenvalue weighted by Crippen LogP contribution is 2.23. The van der Waals surface area contributed by atoms with Gasteiger partial charge in [-0.1, -0.05) is 0 Å². The van der Waals surface area contributed by atoms with Crippen molar-refractivity contribution in [1.82, 2.24) is 10.6 Å². The molecule has 1 rings (SSSR count). The predicted molar refractivity (Wildman–Crippen MR) is 94.1 cm³/mol. The standard InChI is InChI=1S/C14H29N3O2.HI/c1-6-15-12(16-10-13(2,3)18-5)17-11-14(4)8-7-9-19-14;/h6-11H2,1-5H3,(H2,15,16,17);1H. The summed E-state index contributed by atoms with van der Waals surface area (Å²) in [5.41, 5.74) is -0.303. The topological polar surface area (TPSA) is 54.9 Å². The smallest absolute Gasteiger partial charge is 0.191 e. The second kappa shape index (κ2) is 9.04. The van der Waals surface area contributed by atoms with Gasteiger partial charge in [0.25, 0.3) is 0 Å². The SMILES string of the molecule is CCNC(=NCC(C)(C)OC)NCC1(C)CCCO1.I. The molecule has 20 heavy (non-hydrogen) atoms. The Balaban J connectivity index is 0.00000361. The van der Waals surface area contributed by atoms with Gasteiger partial charge in [0.1, 0.15) is 0 Å². The first kappa shape index (κ1) is 19.9. The van der Waals surface area contributed by atoms with Crippen LogP contribution in [0.5, 0.6) is 0 Å². The van der Waals surface area contributed by atoms with E-state index in [1.165, 1.54) is 0 Å². The third kappa shape index (κ3) is 7.08. The quantitative estimate of drug-likeness (QED) is 0.408. The number of nitrogens with one attached hydrogen (secondary N) is 2. The largest absolute Gasteiger partial charge is 0.377 e. The van der Waals surface area contributed by atoms with Crippen LogP contribution in [0.1, 0.15) is 40.5 Å². The van der Waals surface area contributed by atoms with Crippen LogP contribution < -0.4 is 10.6 Å². The number of guanidine groups is 1. The molecule has 1 aliphatic heterocycles. The molecule has 0 aliphatic carbocycles. The number of aliphatic imine (C=N–C) groups is 1. The zero-order valence-corrected chi connectivity index (χ0v) is 15.7. The minimum absolute atomic E-state index is 0. The van der Waals surface area contributed by atoms with E-state index in [0.29, 0.717) is 6.54 Å². The number of nitrogens with zero attached hydrogens (tertiary/aromatic N) is 1. The molecule has 1 aliphatic rings. The molecule has 1 unspecified atom stereocenters. The number of hydrogen-bond acceptors (Lipinski definition) is 3. The Bertz CT molecular complexity index is 303. The molecule has 1 fully saturated rings. The van der Waals surface area contributed by atoms with Gasteiger partial charge < -0.3 is 20.1 Å². The van der Waals surface area contributed by atoms with Crippen LogP contribution in [0.3, 0.4) is 0 Å². The lowest BCUT2D eigenvalue weighted by Gasteiger charge is -2.25. The summed E-state index contributed by atoms with van der Waals surface area (Å²) in [5.74, 6) is 0.823. The van der Waals surface area contributed by atoms with Gasteiger partial charge in [-0.25, -0.2) is 0 Å². The van der Waals surface area contributed by atoms with Crippen LogP contribution in [0.25, 0.3) is 0 Å². The van der Waals surface area contributed by atoms with Crippen molar-refractivity contribution in [2.75, 3.05) is 33.4 Å². The van der Waals surface area contributed by atoms with E-state index in [2.05, 4.69) is 29.5 Å². The summed E-state index contributed by atoms with van der Waals surface area (Å²) in [5, 5.41) is 6.61. The average molecular weight is 399 g/mol. The maximum atomic E-state index is 5.77. The van der Waals surface area contributed by atoms with Gasteiger partial charge in [0, 0.05) is 26.8 Å². The van der Waals surface area contributed by atoms with Gasteiger partial charge in [0.05, 0.1) is 17.7 Å². The summed E-state index contributed by atoms with van der Waals surface area (Å²) >= 11 is 0. The number of ether oxygens (including phenoxy) is 2. The van der Waals surface area contributed by atoms with Gasteiger partial charge in [-0.2, -0.15) is 0 Å². The number of rotatable bonds is 6. The average Bonchev–Trinajstić information content (AvgIpc) is 2.80. The molecule has 5 nitrogen and oxygen atoms in total. The van der Waals surface area contributed by atoms with Crippen LogP contribution in [0.2, 0.25) is 0 Å². The fourth-order valence-corrected chi connectivity index (χ4v) is 1.92. The molecule has 0 aromatic carbocycles. The molecule has 0 aromatic heterocycles. The van der Waals surface area contributed by atoms with Gasteiger partial charge in [0.2, 0.25) is 0 Å². The maximum Gasteiger partial charge on any atom is 0.191 e. The molecule has 0 saturated carbocycles. The monoisotopic (exact) mass is 399 g/mol. The Kier molecular flexibility index (Phi) is 9.01. The lowest BCUT2D eigenvalue weighted by Crippen LogP contribution is -2.46. The minimum Gasteiger partial charge on any atom is -0.377 e. The fraction of sp³-hybridized carbons (Fsp3) is 0.929. The Morgan fingerprint density at radius 1 is 1.40 bits per heavy atom. The van der Waals surface area contributed by atoms with Crippen molar-refractivity contribution >= 4 is 29.9 Å². The van der Waals surface area contributed by atoms with E-state index >= 15 is 0 Å². The predicted octanol–water partition coefficient (Wildman–Crippen LogP) is 2.15. The highest BCUT2D eigenvalue weighted by molar-refractivity contribution is 14.0. The van der Waals surface area contributed by atoms with Gasteiger partial charge >= 0.3 is 0 Å². The van der Waals surface area contributed by atoms with Crippen molar-refractivity contribution in [3.05, 3.63) is 0 Å². The van der Waals surface area contributed by atoms with Crippen molar-refractivity contribution < 1.29 is 9.47 Å². The molecule has 0 spiro atoms. The van der Waals surface area contributed by atoms with Crippen LogP contribution in [-0.4, -0.2) is 50.5 Å². The molecule has 0 aromatic rings. The Labute approximate surface area is 140 Å². The van der Waals surface area contributed by atoms with Crippen LogP contribution >= 0.6 is 24.0 Å². The molecular formula is C14H30IN3O2. The van der Waals surface area contributed by atoms with E-state index in [9.17, 15) is 0 Å². The third-order valence-electron chi connectivity index (χ3n) is 3.45. The van der Waals surface area contributed by atoms with Gasteiger partial charge in [-0.15, -0.1) is 24.0 Å². The van der Waals surface area contributed by atoms with Crippen molar-refractivity contribution in [2.24, 2.45) is 4.99 Å².